The molecule has 2 N–H and O–H groups in total. The third-order valence-corrected chi connectivity index (χ3v) is 6.10. The molecule has 0 spiro atoms. The molecule has 2 aromatic heterocycles. The minimum atomic E-state index is -0.631. The number of allylic oxidation sites excluding steroid dienone is 1. The second kappa shape index (κ2) is 10.0. The minimum absolute atomic E-state index is 0.298. The van der Waals surface area contributed by atoms with E-state index in [4.69, 9.17) is 24.3 Å². The van der Waals surface area contributed by atoms with Crippen LogP contribution in [0.4, 0.5) is 11.6 Å². The van der Waals surface area contributed by atoms with Gasteiger partial charge in [0.25, 0.3) is 5.91 Å². The quantitative estimate of drug-likeness (QED) is 0.388. The Hall–Kier alpha value is -4.86. The van der Waals surface area contributed by atoms with Crippen LogP contribution in [0.5, 0.6) is 17.2 Å². The maximum absolute atomic E-state index is 13.7. The van der Waals surface area contributed by atoms with Crippen molar-refractivity contribution in [1.82, 2.24) is 19.7 Å². The predicted octanol–water partition coefficient (Wildman–Crippen LogP) is 4.29. The zero-order valence-electron chi connectivity index (χ0n) is 20.9. The summed E-state index contributed by atoms with van der Waals surface area (Å²) in [5.74, 6) is 2.63. The summed E-state index contributed by atoms with van der Waals surface area (Å²) in [4.78, 5) is 22.5. The highest BCUT2D eigenvalue weighted by Gasteiger charge is 2.36. The SMILES string of the molecule is COc1ccc(-c2nc3n(n2)C(c2ccc(OC)cc2OC)C(C(=O)Nc2cccnc2)=C(C)N3)cc1. The van der Waals surface area contributed by atoms with Crippen LogP contribution in [-0.4, -0.2) is 47.0 Å². The summed E-state index contributed by atoms with van der Waals surface area (Å²) < 4.78 is 18.1. The fourth-order valence-electron chi connectivity index (χ4n) is 4.27. The Morgan fingerprint density at radius 2 is 1.76 bits per heavy atom. The standard InChI is InChI=1S/C27H26N6O4/c1-16-23(26(34)30-18-6-5-13-28-15-18)24(21-12-11-20(36-3)14-22(21)37-4)33-27(29-16)31-25(32-33)17-7-9-19(35-2)10-8-17/h5-15,24H,1-4H3,(H,30,34)(H,29,31,32). The van der Waals surface area contributed by atoms with Gasteiger partial charge >= 0.3 is 0 Å². The van der Waals surface area contributed by atoms with E-state index < -0.39 is 6.04 Å². The normalized spacial score (nSPS) is 14.4. The van der Waals surface area contributed by atoms with Crippen LogP contribution in [0.2, 0.25) is 0 Å². The molecule has 1 unspecified atom stereocenters. The number of carbonyl (C=O) groups excluding carboxylic acids is 1. The fourth-order valence-corrected chi connectivity index (χ4v) is 4.27. The number of aromatic nitrogens is 4. The van der Waals surface area contributed by atoms with E-state index >= 15 is 0 Å². The predicted molar refractivity (Wildman–Crippen MR) is 139 cm³/mol. The second-order valence-electron chi connectivity index (χ2n) is 8.30. The third kappa shape index (κ3) is 4.56. The lowest BCUT2D eigenvalue weighted by Crippen LogP contribution is -2.31. The van der Waals surface area contributed by atoms with Gasteiger partial charge in [0.1, 0.15) is 23.3 Å². The van der Waals surface area contributed by atoms with Gasteiger partial charge in [-0.05, 0) is 55.5 Å². The number of amides is 1. The molecule has 0 radical (unpaired) electrons. The van der Waals surface area contributed by atoms with Crippen LogP contribution in [0, 0.1) is 0 Å². The summed E-state index contributed by atoms with van der Waals surface area (Å²) in [5, 5.41) is 11.0. The van der Waals surface area contributed by atoms with Gasteiger partial charge in [-0.2, -0.15) is 4.98 Å². The molecule has 3 heterocycles. The summed E-state index contributed by atoms with van der Waals surface area (Å²) >= 11 is 0. The van der Waals surface area contributed by atoms with Crippen LogP contribution in [0.15, 0.2) is 78.3 Å². The number of carbonyl (C=O) groups is 1. The molecule has 1 aliphatic rings. The Morgan fingerprint density at radius 3 is 2.43 bits per heavy atom. The first-order chi connectivity index (χ1) is 18.0. The molecule has 188 valence electrons. The van der Waals surface area contributed by atoms with Crippen molar-refractivity contribution in [3.05, 3.63) is 83.8 Å². The molecule has 0 bridgehead atoms. The summed E-state index contributed by atoms with van der Waals surface area (Å²) in [5.41, 5.74) is 3.23. The zero-order valence-corrected chi connectivity index (χ0v) is 20.9. The van der Waals surface area contributed by atoms with Crippen LogP contribution < -0.4 is 24.8 Å². The molecule has 10 nitrogen and oxygen atoms in total. The van der Waals surface area contributed by atoms with Gasteiger partial charge < -0.3 is 24.8 Å². The fraction of sp³-hybridized carbons (Fsp3) is 0.185. The lowest BCUT2D eigenvalue weighted by Gasteiger charge is -2.29. The third-order valence-electron chi connectivity index (χ3n) is 6.10. The van der Waals surface area contributed by atoms with Gasteiger partial charge in [0.2, 0.25) is 5.95 Å². The van der Waals surface area contributed by atoms with Gasteiger partial charge in [-0.25, -0.2) is 4.68 Å². The van der Waals surface area contributed by atoms with E-state index in [1.54, 1.807) is 56.6 Å². The molecule has 2 aromatic carbocycles. The van der Waals surface area contributed by atoms with Gasteiger partial charge in [0.05, 0.1) is 38.8 Å². The van der Waals surface area contributed by atoms with Crippen LogP contribution in [-0.2, 0) is 4.79 Å². The molecule has 0 saturated carbocycles. The minimum Gasteiger partial charge on any atom is -0.497 e. The Kier molecular flexibility index (Phi) is 6.46. The number of nitrogens with one attached hydrogen (secondary N) is 2. The molecule has 0 aliphatic carbocycles. The highest BCUT2D eigenvalue weighted by atomic mass is 16.5. The maximum atomic E-state index is 13.7. The van der Waals surface area contributed by atoms with Crippen LogP contribution in [0.25, 0.3) is 11.4 Å². The largest absolute Gasteiger partial charge is 0.497 e. The van der Waals surface area contributed by atoms with Crippen molar-refractivity contribution in [2.24, 2.45) is 0 Å². The first-order valence-corrected chi connectivity index (χ1v) is 11.5. The Morgan fingerprint density at radius 1 is 1.00 bits per heavy atom. The van der Waals surface area contributed by atoms with Gasteiger partial charge in [-0.3, -0.25) is 9.78 Å². The van der Waals surface area contributed by atoms with Crippen LogP contribution in [0.1, 0.15) is 18.5 Å². The van der Waals surface area contributed by atoms with E-state index in [-0.39, 0.29) is 5.91 Å². The topological polar surface area (TPSA) is 112 Å². The van der Waals surface area contributed by atoms with Gasteiger partial charge in [-0.1, -0.05) is 0 Å². The lowest BCUT2D eigenvalue weighted by molar-refractivity contribution is -0.113. The first-order valence-electron chi connectivity index (χ1n) is 11.5. The van der Waals surface area contributed by atoms with Crippen molar-refractivity contribution in [2.45, 2.75) is 13.0 Å². The molecule has 10 heteroatoms. The number of rotatable bonds is 7. The molecule has 5 rings (SSSR count). The van der Waals surface area contributed by atoms with Crippen molar-refractivity contribution in [3.8, 4) is 28.6 Å². The number of ether oxygens (including phenoxy) is 3. The van der Waals surface area contributed by atoms with Gasteiger partial charge in [-0.15, -0.1) is 5.10 Å². The van der Waals surface area contributed by atoms with Crippen molar-refractivity contribution in [3.63, 3.8) is 0 Å². The number of pyridine rings is 1. The molecule has 0 saturated heterocycles. The Bertz CT molecular complexity index is 1460. The lowest BCUT2D eigenvalue weighted by atomic mass is 9.94. The number of hydrogen-bond donors (Lipinski definition) is 2. The molecular formula is C27H26N6O4. The molecular weight excluding hydrogens is 472 g/mol. The zero-order chi connectivity index (χ0) is 25.9. The van der Waals surface area contributed by atoms with Crippen molar-refractivity contribution in [1.29, 1.82) is 0 Å². The summed E-state index contributed by atoms with van der Waals surface area (Å²) in [7, 11) is 4.79. The van der Waals surface area contributed by atoms with Crippen LogP contribution >= 0.6 is 0 Å². The Labute approximate surface area is 213 Å². The number of nitrogens with zero attached hydrogens (tertiary/aromatic N) is 4. The van der Waals surface area contributed by atoms with E-state index in [1.807, 2.05) is 43.3 Å². The molecule has 0 fully saturated rings. The van der Waals surface area contributed by atoms with E-state index in [2.05, 4.69) is 15.6 Å². The Balaban J connectivity index is 1.63. The van der Waals surface area contributed by atoms with E-state index in [1.165, 1.54) is 0 Å². The van der Waals surface area contributed by atoms with Crippen molar-refractivity contribution < 1.29 is 19.0 Å². The number of fused-ring (bicyclic) bond motifs is 1. The summed E-state index contributed by atoms with van der Waals surface area (Å²) in [6.45, 7) is 1.84. The van der Waals surface area contributed by atoms with Gasteiger partial charge in [0.15, 0.2) is 5.82 Å². The number of methoxy groups -OCH3 is 3. The van der Waals surface area contributed by atoms with Crippen LogP contribution in [0.3, 0.4) is 0 Å². The van der Waals surface area contributed by atoms with E-state index in [9.17, 15) is 4.79 Å². The molecule has 1 atom stereocenters. The summed E-state index contributed by atoms with van der Waals surface area (Å²) in [6.07, 6.45) is 3.24. The number of anilines is 2. The van der Waals surface area contributed by atoms with E-state index in [0.29, 0.717) is 40.2 Å². The average molecular weight is 499 g/mol. The number of benzene rings is 2. The molecule has 1 amide bonds. The molecule has 1 aliphatic heterocycles. The highest BCUT2D eigenvalue weighted by Crippen LogP contribution is 2.41. The molecule has 37 heavy (non-hydrogen) atoms. The average Bonchev–Trinajstić information content (AvgIpc) is 3.36. The first kappa shape index (κ1) is 23.9. The van der Waals surface area contributed by atoms with E-state index in [0.717, 1.165) is 16.9 Å². The highest BCUT2D eigenvalue weighted by molar-refractivity contribution is 6.06. The maximum Gasteiger partial charge on any atom is 0.255 e. The van der Waals surface area contributed by atoms with Gasteiger partial charge in [0, 0.05) is 29.1 Å². The van der Waals surface area contributed by atoms with Crippen molar-refractivity contribution >= 4 is 17.5 Å². The van der Waals surface area contributed by atoms with Crippen molar-refractivity contribution in [2.75, 3.05) is 32.0 Å². The molecule has 4 aromatic rings. The monoisotopic (exact) mass is 498 g/mol. The second-order valence-corrected chi connectivity index (χ2v) is 8.30. The number of hydrogen-bond acceptors (Lipinski definition) is 8. The smallest absolute Gasteiger partial charge is 0.255 e. The summed E-state index contributed by atoms with van der Waals surface area (Å²) in [6, 6.07) is 15.9.